The van der Waals surface area contributed by atoms with Crippen molar-refractivity contribution in [2.45, 2.75) is 33.9 Å². The van der Waals surface area contributed by atoms with E-state index in [1.165, 1.54) is 6.07 Å². The first kappa shape index (κ1) is 20.3. The number of aryl methyl sites for hydroxylation is 2. The second-order valence-corrected chi connectivity index (χ2v) is 7.76. The molecule has 1 saturated heterocycles. The first-order chi connectivity index (χ1) is 13.4. The fourth-order valence-electron chi connectivity index (χ4n) is 3.57. The van der Waals surface area contributed by atoms with Gasteiger partial charge in [-0.2, -0.15) is 5.10 Å². The molecule has 2 heterocycles. The van der Waals surface area contributed by atoms with E-state index in [1.54, 1.807) is 6.07 Å². The summed E-state index contributed by atoms with van der Waals surface area (Å²) in [5.74, 6) is 0.128. The summed E-state index contributed by atoms with van der Waals surface area (Å²) in [4.78, 5) is 16.5. The number of aromatic nitrogens is 2. The molecular weight excluding hydrogens is 357 g/mol. The molecular formula is C21H30FN5O. The number of hydrogen-bond acceptors (Lipinski definition) is 3. The van der Waals surface area contributed by atoms with Gasteiger partial charge >= 0.3 is 6.03 Å². The van der Waals surface area contributed by atoms with E-state index in [4.69, 9.17) is 0 Å². The van der Waals surface area contributed by atoms with Gasteiger partial charge in [-0.05, 0) is 31.9 Å². The highest BCUT2D eigenvalue weighted by atomic mass is 19.1. The van der Waals surface area contributed by atoms with Crippen molar-refractivity contribution in [3.05, 3.63) is 53.1 Å². The molecule has 1 aromatic heterocycles. The maximum absolute atomic E-state index is 13.8. The molecule has 3 rings (SSSR count). The number of nitrogens with zero attached hydrogens (tertiary/aromatic N) is 4. The number of rotatable bonds is 6. The largest absolute Gasteiger partial charge is 0.338 e. The third kappa shape index (κ3) is 5.32. The number of hydrogen-bond donors (Lipinski definition) is 1. The summed E-state index contributed by atoms with van der Waals surface area (Å²) >= 11 is 0. The van der Waals surface area contributed by atoms with Gasteiger partial charge < -0.3 is 10.2 Å². The summed E-state index contributed by atoms with van der Waals surface area (Å²) < 4.78 is 15.8. The lowest BCUT2D eigenvalue weighted by molar-refractivity contribution is 0.133. The van der Waals surface area contributed by atoms with Crippen LogP contribution in [0.25, 0.3) is 0 Å². The molecule has 0 aliphatic carbocycles. The minimum atomic E-state index is -0.167. The van der Waals surface area contributed by atoms with Gasteiger partial charge in [0.1, 0.15) is 5.82 Å². The van der Waals surface area contributed by atoms with E-state index in [9.17, 15) is 9.18 Å². The molecule has 1 fully saturated rings. The van der Waals surface area contributed by atoms with Gasteiger partial charge in [-0.25, -0.2) is 9.18 Å². The van der Waals surface area contributed by atoms with E-state index in [1.807, 2.05) is 35.6 Å². The molecule has 1 aliphatic heterocycles. The number of carbonyl (C=O) groups excluding carboxylic acids is 1. The zero-order chi connectivity index (χ0) is 20.1. The Morgan fingerprint density at radius 2 is 1.93 bits per heavy atom. The molecule has 28 heavy (non-hydrogen) atoms. The highest BCUT2D eigenvalue weighted by molar-refractivity contribution is 5.74. The monoisotopic (exact) mass is 387 g/mol. The lowest BCUT2D eigenvalue weighted by Gasteiger charge is -2.35. The molecule has 1 aliphatic rings. The molecule has 6 nitrogen and oxygen atoms in total. The van der Waals surface area contributed by atoms with Crippen LogP contribution in [-0.2, 0) is 13.1 Å². The molecule has 2 aromatic rings. The standard InChI is InChI=1S/C21H30FN5O/c1-16(14-27-18(3)12-17(2)24-27)13-23-21(28)26-10-8-25(9-11-26)15-19-6-4-5-7-20(19)22/h4-7,12,16H,8-11,13-15H2,1-3H3,(H,23,28). The van der Waals surface area contributed by atoms with E-state index in [2.05, 4.69) is 28.3 Å². The zero-order valence-corrected chi connectivity index (χ0v) is 17.0. The maximum atomic E-state index is 13.8. The van der Waals surface area contributed by atoms with Crippen molar-refractivity contribution < 1.29 is 9.18 Å². The number of amides is 2. The van der Waals surface area contributed by atoms with Crippen LogP contribution in [0.3, 0.4) is 0 Å². The summed E-state index contributed by atoms with van der Waals surface area (Å²) in [6.07, 6.45) is 0. The lowest BCUT2D eigenvalue weighted by atomic mass is 10.2. The highest BCUT2D eigenvalue weighted by Gasteiger charge is 2.22. The van der Waals surface area contributed by atoms with E-state index in [0.717, 1.165) is 31.0 Å². The third-order valence-electron chi connectivity index (χ3n) is 5.20. The van der Waals surface area contributed by atoms with Crippen LogP contribution in [0.1, 0.15) is 23.9 Å². The van der Waals surface area contributed by atoms with E-state index < -0.39 is 0 Å². The Bertz CT molecular complexity index is 798. The van der Waals surface area contributed by atoms with Crippen LogP contribution >= 0.6 is 0 Å². The van der Waals surface area contributed by atoms with Gasteiger partial charge in [0.2, 0.25) is 0 Å². The fourth-order valence-corrected chi connectivity index (χ4v) is 3.57. The second-order valence-electron chi connectivity index (χ2n) is 7.76. The van der Waals surface area contributed by atoms with Crippen LogP contribution in [-0.4, -0.2) is 58.3 Å². The van der Waals surface area contributed by atoms with Gasteiger partial charge in [0.15, 0.2) is 0 Å². The Labute approximate surface area is 166 Å². The highest BCUT2D eigenvalue weighted by Crippen LogP contribution is 2.12. The van der Waals surface area contributed by atoms with Crippen molar-refractivity contribution in [1.29, 1.82) is 0 Å². The number of benzene rings is 1. The van der Waals surface area contributed by atoms with Crippen molar-refractivity contribution in [2.75, 3.05) is 32.7 Å². The first-order valence-corrected chi connectivity index (χ1v) is 9.92. The SMILES string of the molecule is Cc1cc(C)n(CC(C)CNC(=O)N2CCN(Cc3ccccc3F)CC2)n1. The van der Waals surface area contributed by atoms with Gasteiger partial charge in [0.25, 0.3) is 0 Å². The van der Waals surface area contributed by atoms with Crippen molar-refractivity contribution in [2.24, 2.45) is 5.92 Å². The first-order valence-electron chi connectivity index (χ1n) is 9.92. The molecule has 1 aromatic carbocycles. The topological polar surface area (TPSA) is 53.4 Å². The van der Waals surface area contributed by atoms with Crippen LogP contribution in [0.4, 0.5) is 9.18 Å². The van der Waals surface area contributed by atoms with Crippen molar-refractivity contribution in [1.82, 2.24) is 24.9 Å². The summed E-state index contributed by atoms with van der Waals surface area (Å²) in [5.41, 5.74) is 2.86. The number of piperazine rings is 1. The Balaban J connectivity index is 1.40. The van der Waals surface area contributed by atoms with Gasteiger partial charge in [-0.1, -0.05) is 25.1 Å². The Morgan fingerprint density at radius 1 is 1.21 bits per heavy atom. The number of halogens is 1. The third-order valence-corrected chi connectivity index (χ3v) is 5.20. The fraction of sp³-hybridized carbons (Fsp3) is 0.524. The Kier molecular flexibility index (Phi) is 6.67. The van der Waals surface area contributed by atoms with Gasteiger partial charge in [-0.15, -0.1) is 0 Å². The summed E-state index contributed by atoms with van der Waals surface area (Å²) in [7, 11) is 0. The summed E-state index contributed by atoms with van der Waals surface area (Å²) in [6.45, 7) is 11.0. The van der Waals surface area contributed by atoms with Crippen molar-refractivity contribution in [3.8, 4) is 0 Å². The number of urea groups is 1. The molecule has 1 N–H and O–H groups in total. The van der Waals surface area contributed by atoms with E-state index in [0.29, 0.717) is 37.7 Å². The van der Waals surface area contributed by atoms with Gasteiger partial charge in [-0.3, -0.25) is 9.58 Å². The van der Waals surface area contributed by atoms with Crippen molar-refractivity contribution >= 4 is 6.03 Å². The molecule has 0 saturated carbocycles. The van der Waals surface area contributed by atoms with Crippen LogP contribution in [0.2, 0.25) is 0 Å². The molecule has 0 bridgehead atoms. The Hall–Kier alpha value is -2.41. The molecule has 152 valence electrons. The molecule has 0 spiro atoms. The molecule has 0 radical (unpaired) electrons. The van der Waals surface area contributed by atoms with Crippen LogP contribution < -0.4 is 5.32 Å². The minimum Gasteiger partial charge on any atom is -0.338 e. The quantitative estimate of drug-likeness (QED) is 0.829. The predicted octanol–water partition coefficient (Wildman–Crippen LogP) is 2.80. The van der Waals surface area contributed by atoms with Crippen molar-refractivity contribution in [3.63, 3.8) is 0 Å². The van der Waals surface area contributed by atoms with Crippen LogP contribution in [0.15, 0.2) is 30.3 Å². The second kappa shape index (κ2) is 9.19. The predicted molar refractivity (Wildman–Crippen MR) is 108 cm³/mol. The number of carbonyl (C=O) groups is 1. The van der Waals surface area contributed by atoms with Gasteiger partial charge in [0.05, 0.1) is 5.69 Å². The molecule has 7 heteroatoms. The lowest BCUT2D eigenvalue weighted by Crippen LogP contribution is -2.52. The zero-order valence-electron chi connectivity index (χ0n) is 17.0. The minimum absolute atomic E-state index is 0.0224. The molecule has 1 atom stereocenters. The van der Waals surface area contributed by atoms with Crippen LogP contribution in [0.5, 0.6) is 0 Å². The average Bonchev–Trinajstić information content (AvgIpc) is 2.99. The maximum Gasteiger partial charge on any atom is 0.317 e. The summed E-state index contributed by atoms with van der Waals surface area (Å²) in [6, 6.07) is 8.91. The van der Waals surface area contributed by atoms with Gasteiger partial charge in [0, 0.05) is 57.1 Å². The molecule has 2 amide bonds. The van der Waals surface area contributed by atoms with E-state index >= 15 is 0 Å². The average molecular weight is 388 g/mol. The normalized spacial score (nSPS) is 16.2. The van der Waals surface area contributed by atoms with Crippen LogP contribution in [0, 0.1) is 25.6 Å². The summed E-state index contributed by atoms with van der Waals surface area (Å²) in [5, 5.41) is 7.52. The van der Waals surface area contributed by atoms with E-state index in [-0.39, 0.29) is 11.8 Å². The Morgan fingerprint density at radius 3 is 2.57 bits per heavy atom. The molecule has 1 unspecified atom stereocenters. The number of nitrogens with one attached hydrogen (secondary N) is 1. The smallest absolute Gasteiger partial charge is 0.317 e.